The van der Waals surface area contributed by atoms with E-state index in [2.05, 4.69) is 29.7 Å². The van der Waals surface area contributed by atoms with Gasteiger partial charge in [0.25, 0.3) is 5.91 Å². The van der Waals surface area contributed by atoms with Gasteiger partial charge in [-0.15, -0.1) is 0 Å². The smallest absolute Gasteiger partial charge is 0.258 e. The first-order valence-corrected chi connectivity index (χ1v) is 12.6. The molecular formula is C27H42N2O3. The molecule has 178 valence electrons. The minimum absolute atomic E-state index is 0.0159. The first-order chi connectivity index (χ1) is 15.2. The van der Waals surface area contributed by atoms with E-state index in [0.29, 0.717) is 29.6 Å². The molecule has 1 aromatic rings. The number of rotatable bonds is 9. The Hall–Kier alpha value is -1.75. The standard InChI is InChI=1S/C27H42N2O3/c1-6-31-24-12-19(7-8-23(24)32-17-25(30)29-26(3,4)5)16-28-18(2)27-13-20-9-21(14-27)11-22(10-20)15-27/h7-8,12,18,20-22,28H,6,9-11,13-17H2,1-5H3,(H,29,30)/t18-,20?,21?,22?,27?/m1/s1. The summed E-state index contributed by atoms with van der Waals surface area (Å²) in [5, 5.41) is 6.78. The molecular weight excluding hydrogens is 400 g/mol. The Morgan fingerprint density at radius 3 is 2.25 bits per heavy atom. The molecule has 5 rings (SSSR count). The average molecular weight is 443 g/mol. The van der Waals surface area contributed by atoms with E-state index < -0.39 is 0 Å². The van der Waals surface area contributed by atoms with Crippen molar-refractivity contribution in [3.8, 4) is 11.5 Å². The van der Waals surface area contributed by atoms with Gasteiger partial charge in [-0.25, -0.2) is 0 Å². The highest BCUT2D eigenvalue weighted by molar-refractivity contribution is 5.78. The van der Waals surface area contributed by atoms with Gasteiger partial charge < -0.3 is 20.1 Å². The molecule has 1 atom stereocenters. The second-order valence-electron chi connectivity index (χ2n) is 11.7. The fourth-order valence-corrected chi connectivity index (χ4v) is 6.84. The van der Waals surface area contributed by atoms with Crippen LogP contribution in [0.15, 0.2) is 18.2 Å². The monoisotopic (exact) mass is 442 g/mol. The molecule has 5 heteroatoms. The van der Waals surface area contributed by atoms with Gasteiger partial charge in [0.05, 0.1) is 6.61 Å². The number of hydrogen-bond acceptors (Lipinski definition) is 4. The minimum Gasteiger partial charge on any atom is -0.490 e. The van der Waals surface area contributed by atoms with Crippen molar-refractivity contribution in [1.29, 1.82) is 0 Å². The first-order valence-electron chi connectivity index (χ1n) is 12.6. The summed E-state index contributed by atoms with van der Waals surface area (Å²) in [4.78, 5) is 12.1. The van der Waals surface area contributed by atoms with Crippen LogP contribution in [0, 0.1) is 23.2 Å². The molecule has 1 aromatic carbocycles. The van der Waals surface area contributed by atoms with Crippen molar-refractivity contribution < 1.29 is 14.3 Å². The van der Waals surface area contributed by atoms with Gasteiger partial charge in [-0.05, 0) is 114 Å². The van der Waals surface area contributed by atoms with Gasteiger partial charge in [0, 0.05) is 18.1 Å². The fraction of sp³-hybridized carbons (Fsp3) is 0.741. The van der Waals surface area contributed by atoms with E-state index in [1.54, 1.807) is 0 Å². The quantitative estimate of drug-likeness (QED) is 0.560. The zero-order valence-corrected chi connectivity index (χ0v) is 20.6. The van der Waals surface area contributed by atoms with E-state index in [1.807, 2.05) is 33.8 Å². The number of carbonyl (C=O) groups is 1. The molecule has 0 saturated heterocycles. The number of ether oxygens (including phenoxy) is 2. The Kier molecular flexibility index (Phi) is 6.76. The van der Waals surface area contributed by atoms with Gasteiger partial charge in [0.15, 0.2) is 18.1 Å². The molecule has 0 spiro atoms. The highest BCUT2D eigenvalue weighted by atomic mass is 16.5. The van der Waals surface area contributed by atoms with Crippen LogP contribution in [0.25, 0.3) is 0 Å². The molecule has 0 radical (unpaired) electrons. The third kappa shape index (κ3) is 5.41. The van der Waals surface area contributed by atoms with Gasteiger partial charge in [-0.2, -0.15) is 0 Å². The maximum Gasteiger partial charge on any atom is 0.258 e. The Labute approximate surface area is 194 Å². The predicted octanol–water partition coefficient (Wildman–Crippen LogP) is 5.07. The van der Waals surface area contributed by atoms with Gasteiger partial charge in [0.2, 0.25) is 0 Å². The third-order valence-corrected chi connectivity index (χ3v) is 7.80. The zero-order chi connectivity index (χ0) is 22.9. The van der Waals surface area contributed by atoms with Gasteiger partial charge in [-0.3, -0.25) is 4.79 Å². The second kappa shape index (κ2) is 9.24. The molecule has 32 heavy (non-hydrogen) atoms. The topological polar surface area (TPSA) is 59.6 Å². The Balaban J connectivity index is 1.36. The van der Waals surface area contributed by atoms with E-state index in [9.17, 15) is 4.79 Å². The normalized spacial score (nSPS) is 29.6. The molecule has 4 bridgehead atoms. The SMILES string of the molecule is CCOc1cc(CN[C@H](C)C23CC4CC(CC(C4)C2)C3)ccc1OCC(=O)NC(C)(C)C. The van der Waals surface area contributed by atoms with Crippen LogP contribution in [-0.2, 0) is 11.3 Å². The zero-order valence-electron chi connectivity index (χ0n) is 20.6. The molecule has 4 fully saturated rings. The molecule has 0 aromatic heterocycles. The van der Waals surface area contributed by atoms with Crippen LogP contribution in [-0.4, -0.2) is 30.7 Å². The molecule has 2 N–H and O–H groups in total. The van der Waals surface area contributed by atoms with Crippen molar-refractivity contribution in [2.45, 2.75) is 91.3 Å². The van der Waals surface area contributed by atoms with Crippen LogP contribution in [0.5, 0.6) is 11.5 Å². The summed E-state index contributed by atoms with van der Waals surface area (Å²) in [7, 11) is 0. The summed E-state index contributed by atoms with van der Waals surface area (Å²) in [6.07, 6.45) is 8.71. The van der Waals surface area contributed by atoms with Gasteiger partial charge >= 0.3 is 0 Å². The van der Waals surface area contributed by atoms with Crippen LogP contribution in [0.1, 0.15) is 78.7 Å². The highest BCUT2D eigenvalue weighted by Crippen LogP contribution is 2.61. The van der Waals surface area contributed by atoms with Crippen molar-refractivity contribution in [2.24, 2.45) is 23.2 Å². The van der Waals surface area contributed by atoms with Crippen molar-refractivity contribution in [3.05, 3.63) is 23.8 Å². The lowest BCUT2D eigenvalue weighted by atomic mass is 9.48. The van der Waals surface area contributed by atoms with Crippen LogP contribution in [0.4, 0.5) is 0 Å². The molecule has 4 saturated carbocycles. The fourth-order valence-electron chi connectivity index (χ4n) is 6.84. The third-order valence-electron chi connectivity index (χ3n) is 7.80. The molecule has 0 unspecified atom stereocenters. The summed E-state index contributed by atoms with van der Waals surface area (Å²) in [5.74, 6) is 4.12. The maximum atomic E-state index is 12.1. The summed E-state index contributed by atoms with van der Waals surface area (Å²) < 4.78 is 11.6. The van der Waals surface area contributed by atoms with E-state index in [4.69, 9.17) is 9.47 Å². The van der Waals surface area contributed by atoms with Crippen LogP contribution < -0.4 is 20.1 Å². The molecule has 0 heterocycles. The maximum absolute atomic E-state index is 12.1. The lowest BCUT2D eigenvalue weighted by Crippen LogP contribution is -2.54. The predicted molar refractivity (Wildman–Crippen MR) is 128 cm³/mol. The summed E-state index contributed by atoms with van der Waals surface area (Å²) >= 11 is 0. The van der Waals surface area contributed by atoms with Crippen LogP contribution in [0.2, 0.25) is 0 Å². The molecule has 4 aliphatic carbocycles. The van der Waals surface area contributed by atoms with E-state index in [1.165, 1.54) is 44.1 Å². The van der Waals surface area contributed by atoms with Crippen molar-refractivity contribution in [3.63, 3.8) is 0 Å². The lowest BCUT2D eigenvalue weighted by Gasteiger charge is -2.59. The molecule has 1 amide bonds. The largest absolute Gasteiger partial charge is 0.490 e. The minimum atomic E-state index is -0.272. The molecule has 4 aliphatic rings. The number of amides is 1. The van der Waals surface area contributed by atoms with E-state index in [-0.39, 0.29) is 18.1 Å². The summed E-state index contributed by atoms with van der Waals surface area (Å²) in [6.45, 7) is 11.6. The first kappa shape index (κ1) is 23.4. The van der Waals surface area contributed by atoms with Crippen molar-refractivity contribution in [1.82, 2.24) is 10.6 Å². The van der Waals surface area contributed by atoms with Crippen LogP contribution >= 0.6 is 0 Å². The summed E-state index contributed by atoms with van der Waals surface area (Å²) in [5.41, 5.74) is 1.42. The second-order valence-corrected chi connectivity index (χ2v) is 11.7. The number of carbonyl (C=O) groups excluding carboxylic acids is 1. The van der Waals surface area contributed by atoms with Crippen molar-refractivity contribution in [2.75, 3.05) is 13.2 Å². The van der Waals surface area contributed by atoms with E-state index >= 15 is 0 Å². The number of benzene rings is 1. The summed E-state index contributed by atoms with van der Waals surface area (Å²) in [6, 6.07) is 6.60. The number of hydrogen-bond donors (Lipinski definition) is 2. The van der Waals surface area contributed by atoms with Gasteiger partial charge in [-0.1, -0.05) is 6.07 Å². The average Bonchev–Trinajstić information content (AvgIpc) is 2.69. The Morgan fingerprint density at radius 1 is 1.06 bits per heavy atom. The lowest BCUT2D eigenvalue weighted by molar-refractivity contribution is -0.124. The Morgan fingerprint density at radius 2 is 1.69 bits per heavy atom. The van der Waals surface area contributed by atoms with Crippen molar-refractivity contribution >= 4 is 5.91 Å². The highest BCUT2D eigenvalue weighted by Gasteiger charge is 2.52. The van der Waals surface area contributed by atoms with Crippen LogP contribution in [0.3, 0.4) is 0 Å². The molecule has 5 nitrogen and oxygen atoms in total. The van der Waals surface area contributed by atoms with E-state index in [0.717, 1.165) is 24.3 Å². The molecule has 0 aliphatic heterocycles. The Bertz CT molecular complexity index is 778. The number of nitrogens with one attached hydrogen (secondary N) is 2. The van der Waals surface area contributed by atoms with Gasteiger partial charge in [0.1, 0.15) is 0 Å².